The number of amides is 1. The minimum Gasteiger partial charge on any atom is -0.369 e. The third-order valence-electron chi connectivity index (χ3n) is 4.69. The minimum atomic E-state index is -0.211. The van der Waals surface area contributed by atoms with Crippen LogP contribution in [0.2, 0.25) is 0 Å². The molecule has 0 radical (unpaired) electrons. The van der Waals surface area contributed by atoms with E-state index in [1.54, 1.807) is 6.92 Å². The first kappa shape index (κ1) is 19.9. The predicted octanol–water partition coefficient (Wildman–Crippen LogP) is 3.76. The lowest BCUT2D eigenvalue weighted by Gasteiger charge is -2.11. The molecule has 2 N–H and O–H groups in total. The monoisotopic (exact) mass is 418 g/mol. The Morgan fingerprint density at radius 2 is 1.83 bits per heavy atom. The molecular weight excluding hydrogens is 396 g/mol. The van der Waals surface area contributed by atoms with Gasteiger partial charge in [-0.25, -0.2) is 9.97 Å². The molecule has 2 heterocycles. The molecule has 8 heteroatoms. The first-order valence-electron chi connectivity index (χ1n) is 9.81. The summed E-state index contributed by atoms with van der Waals surface area (Å²) in [5, 5.41) is 11.1. The summed E-state index contributed by atoms with van der Waals surface area (Å²) in [6.45, 7) is 2.80. The molecule has 4 aromatic rings. The van der Waals surface area contributed by atoms with Crippen molar-refractivity contribution >= 4 is 34.2 Å². The normalized spacial score (nSPS) is 10.8. The van der Waals surface area contributed by atoms with E-state index >= 15 is 0 Å². The van der Waals surface area contributed by atoms with E-state index in [1.165, 1.54) is 5.56 Å². The number of nitrogens with one attached hydrogen (secondary N) is 2. The molecule has 0 saturated carbocycles. The highest BCUT2D eigenvalue weighted by atomic mass is 32.1. The van der Waals surface area contributed by atoms with Crippen LogP contribution in [0.1, 0.15) is 33.2 Å². The van der Waals surface area contributed by atoms with Crippen molar-refractivity contribution in [1.29, 1.82) is 0 Å². The lowest BCUT2D eigenvalue weighted by atomic mass is 10.1. The maximum atomic E-state index is 12.3. The zero-order chi connectivity index (χ0) is 20.8. The molecule has 0 unspecified atom stereocenters. The van der Waals surface area contributed by atoms with Gasteiger partial charge < -0.3 is 10.6 Å². The fourth-order valence-corrected chi connectivity index (χ4v) is 3.73. The molecule has 2 aromatic heterocycles. The molecule has 0 saturated heterocycles. The zero-order valence-electron chi connectivity index (χ0n) is 16.6. The van der Waals surface area contributed by atoms with E-state index in [1.807, 2.05) is 30.3 Å². The Bertz CT molecular complexity index is 1140. The lowest BCUT2D eigenvalue weighted by Crippen LogP contribution is -2.24. The van der Waals surface area contributed by atoms with E-state index in [-0.39, 0.29) is 12.5 Å². The summed E-state index contributed by atoms with van der Waals surface area (Å²) in [5.41, 5.74) is 2.79. The van der Waals surface area contributed by atoms with Crippen LogP contribution in [-0.4, -0.2) is 32.0 Å². The second-order valence-corrected chi connectivity index (χ2v) is 7.65. The van der Waals surface area contributed by atoms with Crippen molar-refractivity contribution in [2.24, 2.45) is 0 Å². The van der Waals surface area contributed by atoms with Crippen LogP contribution >= 0.6 is 11.5 Å². The third-order valence-corrected chi connectivity index (χ3v) is 5.52. The van der Waals surface area contributed by atoms with Gasteiger partial charge in [-0.1, -0.05) is 47.0 Å². The number of para-hydroxylation sites is 1. The lowest BCUT2D eigenvalue weighted by molar-refractivity contribution is 0.0953. The molecule has 0 aliphatic carbocycles. The molecule has 0 aliphatic heterocycles. The van der Waals surface area contributed by atoms with Crippen LogP contribution in [0.4, 0.5) is 5.82 Å². The van der Waals surface area contributed by atoms with Crippen molar-refractivity contribution in [2.45, 2.75) is 26.3 Å². The van der Waals surface area contributed by atoms with Crippen LogP contribution < -0.4 is 10.6 Å². The van der Waals surface area contributed by atoms with E-state index in [9.17, 15) is 4.79 Å². The number of benzene rings is 2. The van der Waals surface area contributed by atoms with E-state index in [0.29, 0.717) is 16.4 Å². The average Bonchev–Trinajstić information content (AvgIpc) is 3.21. The second kappa shape index (κ2) is 9.41. The van der Waals surface area contributed by atoms with Crippen molar-refractivity contribution < 1.29 is 4.79 Å². The fourth-order valence-electron chi connectivity index (χ4n) is 3.16. The first-order chi connectivity index (χ1) is 14.7. The van der Waals surface area contributed by atoms with Crippen LogP contribution in [0.5, 0.6) is 0 Å². The topological polar surface area (TPSA) is 92.7 Å². The highest BCUT2D eigenvalue weighted by Crippen LogP contribution is 2.20. The molecule has 0 spiro atoms. The molecule has 2 aromatic carbocycles. The number of aryl methyl sites for hydroxylation is 2. The summed E-state index contributed by atoms with van der Waals surface area (Å²) in [6, 6.07) is 18.3. The number of rotatable bonds is 8. The van der Waals surface area contributed by atoms with Gasteiger partial charge in [0.05, 0.1) is 17.8 Å². The van der Waals surface area contributed by atoms with E-state index < -0.39 is 0 Å². The van der Waals surface area contributed by atoms with Gasteiger partial charge in [0.25, 0.3) is 5.91 Å². The summed E-state index contributed by atoms with van der Waals surface area (Å²) in [7, 11) is 0. The standard InChI is InChI=1S/C22H22N6OS/c1-15-20(30-28-27-15)22(29)24-14-19-25-18-12-6-5-11-17(18)21(26-19)23-13-7-10-16-8-3-2-4-9-16/h2-6,8-9,11-12H,7,10,13-14H2,1H3,(H,24,29)(H,23,25,26). The maximum absolute atomic E-state index is 12.3. The number of carbonyl (C=O) groups excluding carboxylic acids is 1. The summed E-state index contributed by atoms with van der Waals surface area (Å²) in [5.74, 6) is 1.13. The predicted molar refractivity (Wildman–Crippen MR) is 119 cm³/mol. The van der Waals surface area contributed by atoms with Gasteiger partial charge in [0.15, 0.2) is 5.82 Å². The highest BCUT2D eigenvalue weighted by Gasteiger charge is 2.14. The first-order valence-corrected chi connectivity index (χ1v) is 10.6. The van der Waals surface area contributed by atoms with Crippen molar-refractivity contribution in [3.63, 3.8) is 0 Å². The highest BCUT2D eigenvalue weighted by molar-refractivity contribution is 7.07. The molecule has 0 bridgehead atoms. The molecule has 1 amide bonds. The van der Waals surface area contributed by atoms with Gasteiger partial charge in [0.1, 0.15) is 10.7 Å². The number of aromatic nitrogens is 4. The number of hydrogen-bond acceptors (Lipinski definition) is 7. The van der Waals surface area contributed by atoms with Gasteiger partial charge in [-0.2, -0.15) is 0 Å². The Morgan fingerprint density at radius 1 is 1.03 bits per heavy atom. The van der Waals surface area contributed by atoms with Crippen LogP contribution in [0.25, 0.3) is 10.9 Å². The van der Waals surface area contributed by atoms with Gasteiger partial charge in [0.2, 0.25) is 0 Å². The van der Waals surface area contributed by atoms with E-state index in [2.05, 4.69) is 54.5 Å². The minimum absolute atomic E-state index is 0.211. The van der Waals surface area contributed by atoms with Gasteiger partial charge in [-0.15, -0.1) is 5.10 Å². The van der Waals surface area contributed by atoms with Crippen molar-refractivity contribution in [3.8, 4) is 0 Å². The molecule has 4 rings (SSSR count). The molecular formula is C22H22N6OS. The van der Waals surface area contributed by atoms with Crippen LogP contribution in [-0.2, 0) is 13.0 Å². The molecule has 0 fully saturated rings. The van der Waals surface area contributed by atoms with E-state index in [4.69, 9.17) is 0 Å². The van der Waals surface area contributed by atoms with Gasteiger partial charge in [-0.3, -0.25) is 4.79 Å². The van der Waals surface area contributed by atoms with Crippen molar-refractivity contribution in [1.82, 2.24) is 24.9 Å². The number of fused-ring (bicyclic) bond motifs is 1. The number of carbonyl (C=O) groups is 1. The van der Waals surface area contributed by atoms with Crippen LogP contribution in [0, 0.1) is 6.92 Å². The number of nitrogens with zero attached hydrogens (tertiary/aromatic N) is 4. The van der Waals surface area contributed by atoms with Crippen molar-refractivity contribution in [2.75, 3.05) is 11.9 Å². The van der Waals surface area contributed by atoms with Gasteiger partial charge in [0, 0.05) is 11.9 Å². The largest absolute Gasteiger partial charge is 0.369 e. The maximum Gasteiger partial charge on any atom is 0.265 e. The third kappa shape index (κ3) is 4.77. The Morgan fingerprint density at radius 3 is 2.63 bits per heavy atom. The fraction of sp³-hybridized carbons (Fsp3) is 0.227. The molecule has 0 aliphatic rings. The Labute approximate surface area is 178 Å². The molecule has 152 valence electrons. The molecule has 7 nitrogen and oxygen atoms in total. The Balaban J connectivity index is 1.44. The second-order valence-electron chi connectivity index (χ2n) is 6.89. The summed E-state index contributed by atoms with van der Waals surface area (Å²) >= 11 is 1.08. The number of anilines is 1. The Hall–Kier alpha value is -3.39. The van der Waals surface area contributed by atoms with Crippen LogP contribution in [0.15, 0.2) is 54.6 Å². The summed E-state index contributed by atoms with van der Waals surface area (Å²) < 4.78 is 3.81. The smallest absolute Gasteiger partial charge is 0.265 e. The Kier molecular flexibility index (Phi) is 6.24. The summed E-state index contributed by atoms with van der Waals surface area (Å²) in [4.78, 5) is 22.1. The van der Waals surface area contributed by atoms with Crippen molar-refractivity contribution in [3.05, 3.63) is 76.6 Å². The van der Waals surface area contributed by atoms with Crippen LogP contribution in [0.3, 0.4) is 0 Å². The molecule has 0 atom stereocenters. The van der Waals surface area contributed by atoms with E-state index in [0.717, 1.165) is 47.6 Å². The zero-order valence-corrected chi connectivity index (χ0v) is 17.4. The summed E-state index contributed by atoms with van der Waals surface area (Å²) in [6.07, 6.45) is 1.99. The SMILES string of the molecule is Cc1nnsc1C(=O)NCc1nc(NCCCc2ccccc2)c2ccccc2n1. The van der Waals surface area contributed by atoms with Gasteiger partial charge >= 0.3 is 0 Å². The molecule has 30 heavy (non-hydrogen) atoms. The quantitative estimate of drug-likeness (QED) is 0.423. The average molecular weight is 419 g/mol. The van der Waals surface area contributed by atoms with Gasteiger partial charge in [-0.05, 0) is 49.0 Å². The number of hydrogen-bond donors (Lipinski definition) is 2.